The van der Waals surface area contributed by atoms with Crippen molar-refractivity contribution in [1.82, 2.24) is 5.32 Å². The maximum absolute atomic E-state index is 10.8. The molecule has 0 aromatic rings. The molecular weight excluding hydrogens is 132 g/mol. The molecule has 0 aliphatic heterocycles. The predicted molar refractivity (Wildman–Crippen MR) is 37.3 cm³/mol. The number of nitrogens with two attached hydrogens (primary N) is 1. The Morgan fingerprint density at radius 2 is 2.20 bits per heavy atom. The van der Waals surface area contributed by atoms with Crippen LogP contribution in [0.15, 0.2) is 0 Å². The molecule has 0 atom stereocenters. The summed E-state index contributed by atoms with van der Waals surface area (Å²) in [5.41, 5.74) is 4.49. The lowest BCUT2D eigenvalue weighted by Gasteiger charge is -2.16. The molecule has 0 spiro atoms. The highest BCUT2D eigenvalue weighted by Gasteiger charge is 2.20. The van der Waals surface area contributed by atoms with Crippen molar-refractivity contribution in [2.45, 2.75) is 19.4 Å². The number of hydrogen-bond acceptors (Lipinski definition) is 3. The van der Waals surface area contributed by atoms with E-state index in [1.165, 1.54) is 0 Å². The Labute approximate surface area is 59.8 Å². The van der Waals surface area contributed by atoms with Crippen molar-refractivity contribution in [2.75, 3.05) is 6.54 Å². The van der Waals surface area contributed by atoms with Gasteiger partial charge in [0.2, 0.25) is 5.91 Å². The Kier molecular flexibility index (Phi) is 3.02. The first-order valence-electron chi connectivity index (χ1n) is 2.99. The Hall–Kier alpha value is -0.900. The second-order valence-electron chi connectivity index (χ2n) is 2.60. The molecule has 0 aliphatic rings. The molecule has 1 amide bonds. The molecule has 0 bridgehead atoms. The third-order valence-corrected chi connectivity index (χ3v) is 0.931. The van der Waals surface area contributed by atoms with E-state index < -0.39 is 5.54 Å². The van der Waals surface area contributed by atoms with Crippen LogP contribution in [-0.2, 0) is 9.59 Å². The Morgan fingerprint density at radius 3 is 2.50 bits per heavy atom. The second kappa shape index (κ2) is 3.31. The highest BCUT2D eigenvalue weighted by molar-refractivity contribution is 5.86. The largest absolute Gasteiger partial charge is 0.348 e. The van der Waals surface area contributed by atoms with Crippen LogP contribution in [0.2, 0.25) is 0 Å². The highest BCUT2D eigenvalue weighted by Crippen LogP contribution is 1.93. The van der Waals surface area contributed by atoms with E-state index >= 15 is 0 Å². The van der Waals surface area contributed by atoms with Crippen LogP contribution in [0.4, 0.5) is 0 Å². The zero-order chi connectivity index (χ0) is 8.20. The van der Waals surface area contributed by atoms with Crippen LogP contribution >= 0.6 is 0 Å². The van der Waals surface area contributed by atoms with Gasteiger partial charge in [0, 0.05) is 0 Å². The van der Waals surface area contributed by atoms with Crippen LogP contribution in [0.3, 0.4) is 0 Å². The van der Waals surface area contributed by atoms with Gasteiger partial charge in [0.25, 0.3) is 0 Å². The van der Waals surface area contributed by atoms with Gasteiger partial charge in [-0.25, -0.2) is 0 Å². The van der Waals surface area contributed by atoms with Crippen LogP contribution in [0.5, 0.6) is 0 Å². The molecule has 0 unspecified atom stereocenters. The Balaban J connectivity index is 3.74. The van der Waals surface area contributed by atoms with Crippen LogP contribution < -0.4 is 11.1 Å². The van der Waals surface area contributed by atoms with Crippen LogP contribution in [-0.4, -0.2) is 24.3 Å². The van der Waals surface area contributed by atoms with Gasteiger partial charge in [0.05, 0.1) is 12.1 Å². The predicted octanol–water partition coefficient (Wildman–Crippen LogP) is -0.961. The number of carbonyl (C=O) groups is 2. The molecule has 0 aromatic carbocycles. The van der Waals surface area contributed by atoms with Gasteiger partial charge in [-0.2, -0.15) is 0 Å². The van der Waals surface area contributed by atoms with Crippen molar-refractivity contribution < 1.29 is 9.59 Å². The van der Waals surface area contributed by atoms with E-state index in [0.29, 0.717) is 6.29 Å². The quantitative estimate of drug-likeness (QED) is 0.501. The zero-order valence-electron chi connectivity index (χ0n) is 6.18. The molecule has 0 saturated heterocycles. The van der Waals surface area contributed by atoms with Gasteiger partial charge in [0.15, 0.2) is 0 Å². The maximum Gasteiger partial charge on any atom is 0.239 e. The van der Waals surface area contributed by atoms with Gasteiger partial charge in [-0.3, -0.25) is 4.79 Å². The van der Waals surface area contributed by atoms with Gasteiger partial charge >= 0.3 is 0 Å². The van der Waals surface area contributed by atoms with Crippen LogP contribution in [0.1, 0.15) is 13.8 Å². The smallest absolute Gasteiger partial charge is 0.239 e. The van der Waals surface area contributed by atoms with Crippen LogP contribution in [0.25, 0.3) is 0 Å². The summed E-state index contributed by atoms with van der Waals surface area (Å²) in [6.45, 7) is 3.18. The summed E-state index contributed by atoms with van der Waals surface area (Å²) in [6, 6.07) is 0. The first kappa shape index (κ1) is 9.10. The second-order valence-corrected chi connectivity index (χ2v) is 2.60. The molecule has 10 heavy (non-hydrogen) atoms. The Morgan fingerprint density at radius 1 is 1.70 bits per heavy atom. The lowest BCUT2D eigenvalue weighted by molar-refractivity contribution is -0.126. The zero-order valence-corrected chi connectivity index (χ0v) is 6.18. The normalized spacial score (nSPS) is 10.7. The van der Waals surface area contributed by atoms with Gasteiger partial charge in [-0.05, 0) is 13.8 Å². The molecular formula is C6H12N2O2. The third-order valence-electron chi connectivity index (χ3n) is 0.931. The summed E-state index contributed by atoms with van der Waals surface area (Å²) in [7, 11) is 0. The number of nitrogens with one attached hydrogen (secondary N) is 1. The fraction of sp³-hybridized carbons (Fsp3) is 0.667. The van der Waals surface area contributed by atoms with E-state index in [-0.39, 0.29) is 12.5 Å². The number of carbonyl (C=O) groups excluding carboxylic acids is 2. The Bertz CT molecular complexity index is 137. The molecule has 0 radical (unpaired) electrons. The lowest BCUT2D eigenvalue weighted by atomic mass is 10.1. The molecule has 0 fully saturated rings. The molecule has 0 heterocycles. The molecule has 0 aromatic heterocycles. The van der Waals surface area contributed by atoms with Gasteiger partial charge in [-0.15, -0.1) is 0 Å². The summed E-state index contributed by atoms with van der Waals surface area (Å²) >= 11 is 0. The summed E-state index contributed by atoms with van der Waals surface area (Å²) < 4.78 is 0. The van der Waals surface area contributed by atoms with Crippen molar-refractivity contribution in [3.8, 4) is 0 Å². The van der Waals surface area contributed by atoms with Crippen molar-refractivity contribution >= 4 is 12.2 Å². The van der Waals surface area contributed by atoms with Crippen molar-refractivity contribution in [1.29, 1.82) is 0 Å². The fourth-order valence-electron chi connectivity index (χ4n) is 0.362. The molecule has 3 N–H and O–H groups in total. The number of hydrogen-bond donors (Lipinski definition) is 2. The summed E-state index contributed by atoms with van der Waals surface area (Å²) in [6.07, 6.45) is 0.615. The average molecular weight is 144 g/mol. The SMILES string of the molecule is CC(C)(N)C(=O)NCC=O. The van der Waals surface area contributed by atoms with Gasteiger partial charge in [-0.1, -0.05) is 0 Å². The minimum Gasteiger partial charge on any atom is -0.348 e. The summed E-state index contributed by atoms with van der Waals surface area (Å²) in [5.74, 6) is -0.320. The van der Waals surface area contributed by atoms with E-state index in [4.69, 9.17) is 5.73 Å². The van der Waals surface area contributed by atoms with Crippen molar-refractivity contribution in [3.63, 3.8) is 0 Å². The third kappa shape index (κ3) is 3.19. The molecule has 4 nitrogen and oxygen atoms in total. The molecule has 4 heteroatoms. The monoisotopic (exact) mass is 144 g/mol. The van der Waals surface area contributed by atoms with Gasteiger partial charge in [0.1, 0.15) is 6.29 Å². The fourth-order valence-corrected chi connectivity index (χ4v) is 0.362. The van der Waals surface area contributed by atoms with Crippen molar-refractivity contribution in [2.24, 2.45) is 5.73 Å². The first-order chi connectivity index (χ1) is 4.48. The first-order valence-corrected chi connectivity index (χ1v) is 2.99. The number of amides is 1. The van der Waals surface area contributed by atoms with E-state index in [1.807, 2.05) is 0 Å². The van der Waals surface area contributed by atoms with Crippen LogP contribution in [0, 0.1) is 0 Å². The highest BCUT2D eigenvalue weighted by atomic mass is 16.2. The summed E-state index contributed by atoms with van der Waals surface area (Å²) in [4.78, 5) is 20.6. The molecule has 0 rings (SSSR count). The minimum atomic E-state index is -0.900. The average Bonchev–Trinajstić information content (AvgIpc) is 1.80. The maximum atomic E-state index is 10.8. The number of rotatable bonds is 3. The molecule has 0 aliphatic carbocycles. The molecule has 58 valence electrons. The van der Waals surface area contributed by atoms with Gasteiger partial charge < -0.3 is 15.8 Å². The van der Waals surface area contributed by atoms with E-state index in [9.17, 15) is 9.59 Å². The lowest BCUT2D eigenvalue weighted by Crippen LogP contribution is -2.49. The minimum absolute atomic E-state index is 0.0272. The standard InChI is InChI=1S/C6H12N2O2/c1-6(2,7)5(10)8-3-4-9/h4H,3,7H2,1-2H3,(H,8,10). The van der Waals surface area contributed by atoms with E-state index in [1.54, 1.807) is 13.8 Å². The number of aldehydes is 1. The van der Waals surface area contributed by atoms with Crippen molar-refractivity contribution in [3.05, 3.63) is 0 Å². The van der Waals surface area contributed by atoms with E-state index in [0.717, 1.165) is 0 Å². The summed E-state index contributed by atoms with van der Waals surface area (Å²) in [5, 5.41) is 2.34. The van der Waals surface area contributed by atoms with E-state index in [2.05, 4.69) is 5.32 Å². The molecule has 0 saturated carbocycles. The topological polar surface area (TPSA) is 72.2 Å².